The molecule has 2 aromatic heterocycles. The number of nitrogens with zero attached hydrogens (tertiary/aromatic N) is 3. The number of fused-ring (bicyclic) bond motifs is 3. The minimum absolute atomic E-state index is 0.158. The van der Waals surface area contributed by atoms with Crippen molar-refractivity contribution in [2.75, 3.05) is 17.7 Å². The van der Waals surface area contributed by atoms with E-state index in [9.17, 15) is 9.59 Å². The molecule has 1 amide bonds. The summed E-state index contributed by atoms with van der Waals surface area (Å²) in [4.78, 5) is 24.4. The van der Waals surface area contributed by atoms with Gasteiger partial charge in [-0.15, -0.1) is 10.2 Å². The van der Waals surface area contributed by atoms with Gasteiger partial charge < -0.3 is 10.1 Å². The monoisotopic (exact) mass is 434 g/mol. The van der Waals surface area contributed by atoms with Gasteiger partial charge in [-0.1, -0.05) is 36.0 Å². The summed E-state index contributed by atoms with van der Waals surface area (Å²) in [5, 5.41) is 13.2. The second kappa shape index (κ2) is 8.77. The van der Waals surface area contributed by atoms with E-state index in [1.807, 2.05) is 16.5 Å². The molecule has 0 radical (unpaired) electrons. The molecule has 0 saturated heterocycles. The number of carbonyl (C=O) groups is 2. The number of ether oxygens (including phenoxy) is 1. The maximum Gasteiger partial charge on any atom is 0.338 e. The summed E-state index contributed by atoms with van der Waals surface area (Å²) in [6.45, 7) is 6.16. The van der Waals surface area contributed by atoms with E-state index in [1.54, 1.807) is 31.2 Å². The first kappa shape index (κ1) is 20.9. The molecule has 0 aliphatic rings. The third-order valence-electron chi connectivity index (χ3n) is 4.88. The van der Waals surface area contributed by atoms with Crippen LogP contribution >= 0.6 is 11.8 Å². The SMILES string of the molecule is CCOC(=O)c1cccc(NC(=O)CSc2nnc3cc(C)c4cccc(C)c4n23)c1. The van der Waals surface area contributed by atoms with E-state index in [0.29, 0.717) is 23.0 Å². The highest BCUT2D eigenvalue weighted by Crippen LogP contribution is 2.28. The molecule has 158 valence electrons. The van der Waals surface area contributed by atoms with Gasteiger partial charge in [-0.3, -0.25) is 9.20 Å². The van der Waals surface area contributed by atoms with Crippen LogP contribution in [0.5, 0.6) is 0 Å². The number of benzene rings is 2. The van der Waals surface area contributed by atoms with Gasteiger partial charge in [-0.25, -0.2) is 4.79 Å². The van der Waals surface area contributed by atoms with E-state index in [2.05, 4.69) is 41.5 Å². The van der Waals surface area contributed by atoms with Gasteiger partial charge in [0.2, 0.25) is 5.91 Å². The zero-order valence-electron chi connectivity index (χ0n) is 17.5. The van der Waals surface area contributed by atoms with Crippen molar-refractivity contribution in [3.05, 3.63) is 65.2 Å². The second-order valence-corrected chi connectivity index (χ2v) is 8.06. The summed E-state index contributed by atoms with van der Waals surface area (Å²) >= 11 is 1.32. The number of pyridine rings is 1. The van der Waals surface area contributed by atoms with Crippen LogP contribution in [0.1, 0.15) is 28.4 Å². The van der Waals surface area contributed by atoms with E-state index in [-0.39, 0.29) is 11.7 Å². The van der Waals surface area contributed by atoms with Crippen molar-refractivity contribution in [2.24, 2.45) is 0 Å². The summed E-state index contributed by atoms with van der Waals surface area (Å²) in [5.41, 5.74) is 4.99. The summed E-state index contributed by atoms with van der Waals surface area (Å²) in [5.74, 6) is -0.456. The second-order valence-electron chi connectivity index (χ2n) is 7.11. The molecule has 31 heavy (non-hydrogen) atoms. The zero-order valence-corrected chi connectivity index (χ0v) is 18.3. The van der Waals surface area contributed by atoms with Crippen molar-refractivity contribution < 1.29 is 14.3 Å². The van der Waals surface area contributed by atoms with Crippen LogP contribution < -0.4 is 5.32 Å². The fourth-order valence-electron chi connectivity index (χ4n) is 3.49. The molecule has 8 heteroatoms. The number of hydrogen-bond acceptors (Lipinski definition) is 6. The first-order chi connectivity index (χ1) is 15.0. The minimum atomic E-state index is -0.416. The summed E-state index contributed by atoms with van der Waals surface area (Å²) < 4.78 is 7.00. The molecule has 7 nitrogen and oxygen atoms in total. The van der Waals surface area contributed by atoms with Gasteiger partial charge in [0.15, 0.2) is 10.8 Å². The standard InChI is InChI=1S/C23H22N4O3S/c1-4-30-22(29)16-8-6-9-17(12-16)24-20(28)13-31-23-26-25-19-11-15(3)18-10-5-7-14(2)21(18)27(19)23/h5-12H,4,13H2,1-3H3,(H,24,28). The lowest BCUT2D eigenvalue weighted by atomic mass is 10.1. The smallest absolute Gasteiger partial charge is 0.338 e. The lowest BCUT2D eigenvalue weighted by Gasteiger charge is -2.10. The molecule has 0 atom stereocenters. The maximum absolute atomic E-state index is 12.5. The Kier molecular flexibility index (Phi) is 5.90. The average molecular weight is 435 g/mol. The third-order valence-corrected chi connectivity index (χ3v) is 5.81. The highest BCUT2D eigenvalue weighted by molar-refractivity contribution is 7.99. The van der Waals surface area contributed by atoms with E-state index >= 15 is 0 Å². The van der Waals surface area contributed by atoms with E-state index in [4.69, 9.17) is 4.74 Å². The van der Waals surface area contributed by atoms with Gasteiger partial charge in [0.25, 0.3) is 0 Å². The number of esters is 1. The topological polar surface area (TPSA) is 85.6 Å². The van der Waals surface area contributed by atoms with Crippen molar-refractivity contribution in [2.45, 2.75) is 25.9 Å². The number of para-hydroxylation sites is 1. The van der Waals surface area contributed by atoms with Crippen LogP contribution in [-0.4, -0.2) is 38.8 Å². The molecule has 2 aromatic carbocycles. The van der Waals surface area contributed by atoms with Crippen molar-refractivity contribution in [3.8, 4) is 0 Å². The van der Waals surface area contributed by atoms with Crippen LogP contribution in [-0.2, 0) is 9.53 Å². The molecule has 0 spiro atoms. The first-order valence-electron chi connectivity index (χ1n) is 9.92. The van der Waals surface area contributed by atoms with Crippen molar-refractivity contribution in [1.29, 1.82) is 0 Å². The van der Waals surface area contributed by atoms with Crippen molar-refractivity contribution >= 4 is 45.9 Å². The number of rotatable bonds is 6. The third kappa shape index (κ3) is 4.25. The highest BCUT2D eigenvalue weighted by Gasteiger charge is 2.15. The molecule has 0 aliphatic heterocycles. The molecule has 0 aliphatic carbocycles. The molecular formula is C23H22N4O3S. The van der Waals surface area contributed by atoms with Gasteiger partial charge >= 0.3 is 5.97 Å². The summed E-state index contributed by atoms with van der Waals surface area (Å²) in [6.07, 6.45) is 0. The van der Waals surface area contributed by atoms with Crippen LogP contribution in [0, 0.1) is 13.8 Å². The fourth-order valence-corrected chi connectivity index (χ4v) is 4.23. The normalized spacial score (nSPS) is 11.1. The lowest BCUT2D eigenvalue weighted by molar-refractivity contribution is -0.113. The molecule has 0 fully saturated rings. The minimum Gasteiger partial charge on any atom is -0.462 e. The molecular weight excluding hydrogens is 412 g/mol. The fraction of sp³-hybridized carbons (Fsp3) is 0.217. The molecule has 1 N–H and O–H groups in total. The molecule has 0 saturated carbocycles. The summed E-state index contributed by atoms with van der Waals surface area (Å²) in [7, 11) is 0. The Morgan fingerprint density at radius 3 is 2.68 bits per heavy atom. The Morgan fingerprint density at radius 2 is 1.87 bits per heavy atom. The molecule has 0 bridgehead atoms. The van der Waals surface area contributed by atoms with Gasteiger partial charge in [0.1, 0.15) is 0 Å². The molecule has 4 aromatic rings. The predicted molar refractivity (Wildman–Crippen MR) is 122 cm³/mol. The quantitative estimate of drug-likeness (QED) is 0.357. The highest BCUT2D eigenvalue weighted by atomic mass is 32.2. The molecule has 4 rings (SSSR count). The maximum atomic E-state index is 12.5. The number of hydrogen-bond donors (Lipinski definition) is 1. The van der Waals surface area contributed by atoms with Gasteiger partial charge in [0, 0.05) is 11.1 Å². The van der Waals surface area contributed by atoms with Crippen LogP contribution in [0.2, 0.25) is 0 Å². The first-order valence-corrected chi connectivity index (χ1v) is 10.9. The number of amides is 1. The van der Waals surface area contributed by atoms with Crippen LogP contribution in [0.25, 0.3) is 16.6 Å². The largest absolute Gasteiger partial charge is 0.462 e. The predicted octanol–water partition coefficient (Wildman–Crippen LogP) is 4.41. The Hall–Kier alpha value is -3.39. The van der Waals surface area contributed by atoms with Crippen LogP contribution in [0.3, 0.4) is 0 Å². The van der Waals surface area contributed by atoms with E-state index < -0.39 is 5.97 Å². The molecule has 2 heterocycles. The van der Waals surface area contributed by atoms with Crippen LogP contribution in [0.4, 0.5) is 5.69 Å². The number of aryl methyl sites for hydroxylation is 2. The Bertz CT molecular complexity index is 1300. The average Bonchev–Trinajstić information content (AvgIpc) is 3.15. The number of anilines is 1. The van der Waals surface area contributed by atoms with Crippen LogP contribution in [0.15, 0.2) is 53.7 Å². The Labute approximate surface area is 183 Å². The van der Waals surface area contributed by atoms with E-state index in [1.165, 1.54) is 11.8 Å². The van der Waals surface area contributed by atoms with Crippen molar-refractivity contribution in [1.82, 2.24) is 14.6 Å². The van der Waals surface area contributed by atoms with Crippen molar-refractivity contribution in [3.63, 3.8) is 0 Å². The number of nitrogens with one attached hydrogen (secondary N) is 1. The molecule has 0 unspecified atom stereocenters. The van der Waals surface area contributed by atoms with E-state index in [0.717, 1.165) is 27.7 Å². The number of thioether (sulfide) groups is 1. The number of aromatic nitrogens is 3. The lowest BCUT2D eigenvalue weighted by Crippen LogP contribution is -2.15. The number of carbonyl (C=O) groups excluding carboxylic acids is 2. The Morgan fingerprint density at radius 1 is 1.06 bits per heavy atom. The Balaban J connectivity index is 1.53. The summed E-state index contributed by atoms with van der Waals surface area (Å²) in [6, 6.07) is 14.9. The zero-order chi connectivity index (χ0) is 22.0. The van der Waals surface area contributed by atoms with Gasteiger partial charge in [-0.2, -0.15) is 0 Å². The van der Waals surface area contributed by atoms with Gasteiger partial charge in [0.05, 0.1) is 23.4 Å². The van der Waals surface area contributed by atoms with Gasteiger partial charge in [-0.05, 0) is 56.2 Å².